The van der Waals surface area contributed by atoms with Gasteiger partial charge in [-0.1, -0.05) is 6.07 Å². The number of nitrogens with zero attached hydrogens (tertiary/aromatic N) is 1. The first-order chi connectivity index (χ1) is 8.08. The lowest BCUT2D eigenvalue weighted by atomic mass is 10.1. The van der Waals surface area contributed by atoms with Gasteiger partial charge in [-0.05, 0) is 18.6 Å². The minimum atomic E-state index is -0.694. The van der Waals surface area contributed by atoms with Crippen molar-refractivity contribution >= 4 is 17.5 Å². The average molecular weight is 262 g/mol. The monoisotopic (exact) mass is 261 g/mol. The van der Waals surface area contributed by atoms with Crippen LogP contribution in [0.2, 0.25) is 0 Å². The summed E-state index contributed by atoms with van der Waals surface area (Å²) in [5.74, 6) is -1.21. The van der Waals surface area contributed by atoms with Gasteiger partial charge >= 0.3 is 0 Å². The second-order valence-electron chi connectivity index (χ2n) is 3.57. The Hall–Kier alpha value is -1.16. The lowest BCUT2D eigenvalue weighted by Gasteiger charge is -2.19. The lowest BCUT2D eigenvalue weighted by molar-refractivity contribution is -0.130. The van der Waals surface area contributed by atoms with Crippen molar-refractivity contribution in [3.8, 4) is 0 Å². The summed E-state index contributed by atoms with van der Waals surface area (Å²) in [6.45, 7) is 2.78. The number of alkyl halides is 1. The van der Waals surface area contributed by atoms with Crippen LogP contribution in [0.25, 0.3) is 0 Å². The Kier molecular flexibility index (Phi) is 5.35. The fourth-order valence-corrected chi connectivity index (χ4v) is 1.70. The van der Waals surface area contributed by atoms with E-state index in [2.05, 4.69) is 0 Å². The summed E-state index contributed by atoms with van der Waals surface area (Å²) in [6.07, 6.45) is -0.0726. The third-order valence-electron chi connectivity index (χ3n) is 2.45. The normalized spacial score (nSPS) is 10.4. The average Bonchev–Trinajstić information content (AvgIpc) is 2.29. The van der Waals surface area contributed by atoms with Gasteiger partial charge in [-0.3, -0.25) is 4.79 Å². The molecule has 0 heterocycles. The smallest absolute Gasteiger partial charge is 0.227 e. The van der Waals surface area contributed by atoms with Gasteiger partial charge in [0.05, 0.1) is 6.42 Å². The van der Waals surface area contributed by atoms with Crippen molar-refractivity contribution in [3.05, 3.63) is 35.4 Å². The topological polar surface area (TPSA) is 20.3 Å². The highest BCUT2D eigenvalue weighted by atomic mass is 35.5. The molecule has 0 saturated heterocycles. The van der Waals surface area contributed by atoms with Gasteiger partial charge in [-0.2, -0.15) is 0 Å². The predicted octanol–water partition coefficient (Wildman–Crippen LogP) is 2.59. The highest BCUT2D eigenvalue weighted by Gasteiger charge is 2.14. The molecule has 0 aromatic heterocycles. The van der Waals surface area contributed by atoms with E-state index < -0.39 is 11.6 Å². The SMILES string of the molecule is CCN(CCCl)C(=O)Cc1ccc(F)cc1F. The van der Waals surface area contributed by atoms with E-state index in [-0.39, 0.29) is 17.9 Å². The molecule has 0 atom stereocenters. The highest BCUT2D eigenvalue weighted by molar-refractivity contribution is 6.18. The molecular formula is C12H14ClF2NO. The van der Waals surface area contributed by atoms with Crippen molar-refractivity contribution in [2.75, 3.05) is 19.0 Å². The second kappa shape index (κ2) is 6.55. The van der Waals surface area contributed by atoms with Crippen LogP contribution in [0.15, 0.2) is 18.2 Å². The van der Waals surface area contributed by atoms with Crippen LogP contribution in [0.5, 0.6) is 0 Å². The number of carbonyl (C=O) groups is 1. The number of halogens is 3. The molecule has 1 rings (SSSR count). The van der Waals surface area contributed by atoms with Gasteiger partial charge in [0.15, 0.2) is 0 Å². The molecule has 0 fully saturated rings. The number of amides is 1. The van der Waals surface area contributed by atoms with E-state index in [0.29, 0.717) is 19.0 Å². The van der Waals surface area contributed by atoms with Gasteiger partial charge in [0.1, 0.15) is 11.6 Å². The van der Waals surface area contributed by atoms with Gasteiger partial charge < -0.3 is 4.90 Å². The third kappa shape index (κ3) is 3.97. The Labute approximate surface area is 104 Å². The number of rotatable bonds is 5. The molecule has 0 aliphatic carbocycles. The molecule has 0 bridgehead atoms. The van der Waals surface area contributed by atoms with Gasteiger partial charge in [-0.25, -0.2) is 8.78 Å². The van der Waals surface area contributed by atoms with E-state index in [1.165, 1.54) is 11.0 Å². The van der Waals surface area contributed by atoms with Crippen molar-refractivity contribution in [2.24, 2.45) is 0 Å². The number of hydrogen-bond donors (Lipinski definition) is 0. The molecule has 94 valence electrons. The molecule has 0 aliphatic rings. The maximum atomic E-state index is 13.3. The molecule has 0 N–H and O–H groups in total. The van der Waals surface area contributed by atoms with Crippen molar-refractivity contribution < 1.29 is 13.6 Å². The Bertz CT molecular complexity index is 398. The Balaban J connectivity index is 2.73. The molecule has 17 heavy (non-hydrogen) atoms. The number of hydrogen-bond acceptors (Lipinski definition) is 1. The van der Waals surface area contributed by atoms with Crippen LogP contribution in [0.1, 0.15) is 12.5 Å². The van der Waals surface area contributed by atoms with E-state index in [1.54, 1.807) is 0 Å². The van der Waals surface area contributed by atoms with Gasteiger partial charge in [0.2, 0.25) is 5.91 Å². The predicted molar refractivity (Wildman–Crippen MR) is 63.0 cm³/mol. The highest BCUT2D eigenvalue weighted by Crippen LogP contribution is 2.11. The Morgan fingerprint density at radius 1 is 1.41 bits per heavy atom. The van der Waals surface area contributed by atoms with Crippen LogP contribution in [-0.2, 0) is 11.2 Å². The molecule has 2 nitrogen and oxygen atoms in total. The van der Waals surface area contributed by atoms with E-state index in [0.717, 1.165) is 12.1 Å². The number of carbonyl (C=O) groups excluding carboxylic acids is 1. The van der Waals surface area contributed by atoms with Crippen molar-refractivity contribution in [2.45, 2.75) is 13.3 Å². The minimum absolute atomic E-state index is 0.0726. The first kappa shape index (κ1) is 13.9. The van der Waals surface area contributed by atoms with Crippen LogP contribution in [0.4, 0.5) is 8.78 Å². The fraction of sp³-hybridized carbons (Fsp3) is 0.417. The molecule has 1 aromatic rings. The Morgan fingerprint density at radius 2 is 2.12 bits per heavy atom. The zero-order valence-electron chi connectivity index (χ0n) is 9.55. The summed E-state index contributed by atoms with van der Waals surface area (Å²) in [4.78, 5) is 13.3. The first-order valence-electron chi connectivity index (χ1n) is 5.36. The molecule has 0 saturated carbocycles. The van der Waals surface area contributed by atoms with E-state index in [1.807, 2.05) is 6.92 Å². The molecule has 0 aliphatic heterocycles. The lowest BCUT2D eigenvalue weighted by Crippen LogP contribution is -2.33. The maximum absolute atomic E-state index is 13.3. The third-order valence-corrected chi connectivity index (χ3v) is 2.61. The van der Waals surface area contributed by atoms with Crippen LogP contribution in [-0.4, -0.2) is 29.8 Å². The van der Waals surface area contributed by atoms with E-state index in [9.17, 15) is 13.6 Å². The van der Waals surface area contributed by atoms with Crippen LogP contribution >= 0.6 is 11.6 Å². The molecule has 1 amide bonds. The zero-order valence-corrected chi connectivity index (χ0v) is 10.3. The van der Waals surface area contributed by atoms with Crippen LogP contribution < -0.4 is 0 Å². The van der Waals surface area contributed by atoms with Crippen molar-refractivity contribution in [3.63, 3.8) is 0 Å². The van der Waals surface area contributed by atoms with Gasteiger partial charge in [0, 0.05) is 25.0 Å². The largest absolute Gasteiger partial charge is 0.341 e. The summed E-state index contributed by atoms with van der Waals surface area (Å²) in [7, 11) is 0. The quantitative estimate of drug-likeness (QED) is 0.746. The molecule has 0 radical (unpaired) electrons. The van der Waals surface area contributed by atoms with Gasteiger partial charge in [-0.15, -0.1) is 11.6 Å². The summed E-state index contributed by atoms with van der Waals surface area (Å²) in [5.41, 5.74) is 0.199. The number of benzene rings is 1. The molecule has 0 spiro atoms. The summed E-state index contributed by atoms with van der Waals surface area (Å²) < 4.78 is 26.0. The summed E-state index contributed by atoms with van der Waals surface area (Å²) >= 11 is 5.56. The molecule has 0 unspecified atom stereocenters. The Morgan fingerprint density at radius 3 is 2.65 bits per heavy atom. The minimum Gasteiger partial charge on any atom is -0.341 e. The van der Waals surface area contributed by atoms with Gasteiger partial charge in [0.25, 0.3) is 0 Å². The van der Waals surface area contributed by atoms with Crippen molar-refractivity contribution in [1.29, 1.82) is 0 Å². The summed E-state index contributed by atoms with van der Waals surface area (Å²) in [6, 6.07) is 3.21. The second-order valence-corrected chi connectivity index (χ2v) is 3.95. The number of likely N-dealkylation sites (N-methyl/N-ethyl adjacent to an activating group) is 1. The van der Waals surface area contributed by atoms with Crippen LogP contribution in [0, 0.1) is 11.6 Å². The molecule has 1 aromatic carbocycles. The van der Waals surface area contributed by atoms with E-state index in [4.69, 9.17) is 11.6 Å². The molecule has 5 heteroatoms. The first-order valence-corrected chi connectivity index (χ1v) is 5.89. The fourth-order valence-electron chi connectivity index (χ4n) is 1.50. The van der Waals surface area contributed by atoms with Crippen LogP contribution in [0.3, 0.4) is 0 Å². The van der Waals surface area contributed by atoms with E-state index >= 15 is 0 Å². The zero-order chi connectivity index (χ0) is 12.8. The van der Waals surface area contributed by atoms with Crippen molar-refractivity contribution in [1.82, 2.24) is 4.90 Å². The standard InChI is InChI=1S/C12H14ClF2NO/c1-2-16(6-5-13)12(17)7-9-3-4-10(14)8-11(9)15/h3-4,8H,2,5-7H2,1H3. The molecular weight excluding hydrogens is 248 g/mol. The maximum Gasteiger partial charge on any atom is 0.227 e. The summed E-state index contributed by atoms with van der Waals surface area (Å²) in [5, 5.41) is 0.